The van der Waals surface area contributed by atoms with Gasteiger partial charge in [0.2, 0.25) is 5.43 Å². The number of nitrogens with zero attached hydrogens (tertiary/aromatic N) is 1. The zero-order valence-electron chi connectivity index (χ0n) is 18.3. The van der Waals surface area contributed by atoms with Crippen LogP contribution in [0, 0.1) is 6.92 Å². The Labute approximate surface area is 187 Å². The van der Waals surface area contributed by atoms with Crippen LogP contribution in [0.1, 0.15) is 27.3 Å². The van der Waals surface area contributed by atoms with Crippen molar-refractivity contribution in [1.82, 2.24) is 9.88 Å². The second-order valence-corrected chi connectivity index (χ2v) is 9.58. The first-order valence-electron chi connectivity index (χ1n) is 10.1. The summed E-state index contributed by atoms with van der Waals surface area (Å²) >= 11 is 0. The van der Waals surface area contributed by atoms with Crippen molar-refractivity contribution in [3.05, 3.63) is 93.4 Å². The highest BCUT2D eigenvalue weighted by Gasteiger charge is 2.22. The van der Waals surface area contributed by atoms with E-state index < -0.39 is 21.2 Å². The Hall–Kier alpha value is -3.39. The van der Waals surface area contributed by atoms with Crippen LogP contribution in [0.15, 0.2) is 70.4 Å². The van der Waals surface area contributed by atoms with Crippen LogP contribution in [0.3, 0.4) is 0 Å². The van der Waals surface area contributed by atoms with Crippen molar-refractivity contribution < 1.29 is 17.9 Å². The summed E-state index contributed by atoms with van der Waals surface area (Å²) in [7, 11) is -0.468. The molecule has 7 nitrogen and oxygen atoms in total. The molecular weight excluding hydrogens is 428 g/mol. The highest BCUT2D eigenvalue weighted by atomic mass is 32.2. The van der Waals surface area contributed by atoms with Gasteiger partial charge in [0.15, 0.2) is 21.3 Å². The van der Waals surface area contributed by atoms with Gasteiger partial charge in [-0.1, -0.05) is 48.0 Å². The number of amides is 1. The summed E-state index contributed by atoms with van der Waals surface area (Å²) in [6, 6.07) is 17.2. The van der Waals surface area contributed by atoms with Crippen LogP contribution < -0.4 is 15.5 Å². The van der Waals surface area contributed by atoms with Crippen molar-refractivity contribution in [1.29, 1.82) is 0 Å². The zero-order valence-corrected chi connectivity index (χ0v) is 19.1. The van der Waals surface area contributed by atoms with Crippen LogP contribution in [0.5, 0.6) is 5.75 Å². The second kappa shape index (κ2) is 9.82. The quantitative estimate of drug-likeness (QED) is 0.565. The fourth-order valence-electron chi connectivity index (χ4n) is 3.31. The molecule has 1 amide bonds. The van der Waals surface area contributed by atoms with Gasteiger partial charge in [0.05, 0.1) is 10.6 Å². The Balaban J connectivity index is 1.90. The molecule has 0 aliphatic rings. The topological polar surface area (TPSA) is 94.5 Å². The van der Waals surface area contributed by atoms with Crippen molar-refractivity contribution in [2.24, 2.45) is 7.05 Å². The standard InChI is InChI=1S/C24H26N2O5S/c1-17-9-11-20(12-10-17)32(29,30)14-13-19-15-21(27)23(22(26(19)3)24(28)25-2)31-16-18-7-5-4-6-8-18/h4-12,15H,13-14,16H2,1-3H3,(H,25,28). The number of benzene rings is 2. The summed E-state index contributed by atoms with van der Waals surface area (Å²) in [4.78, 5) is 25.6. The molecule has 1 heterocycles. The highest BCUT2D eigenvalue weighted by molar-refractivity contribution is 7.91. The molecule has 0 radical (unpaired) electrons. The van der Waals surface area contributed by atoms with E-state index in [2.05, 4.69) is 5.32 Å². The van der Waals surface area contributed by atoms with Gasteiger partial charge in [0.25, 0.3) is 5.91 Å². The molecule has 32 heavy (non-hydrogen) atoms. The van der Waals surface area contributed by atoms with Crippen LogP contribution in [0.4, 0.5) is 0 Å². The molecule has 3 rings (SSSR count). The number of nitrogens with one attached hydrogen (secondary N) is 1. The van der Waals surface area contributed by atoms with E-state index in [1.165, 1.54) is 17.7 Å². The molecule has 0 saturated heterocycles. The SMILES string of the molecule is CNC(=O)c1c(OCc2ccccc2)c(=O)cc(CCS(=O)(=O)c2ccc(C)cc2)n1C. The average Bonchev–Trinajstić information content (AvgIpc) is 2.78. The van der Waals surface area contributed by atoms with Gasteiger partial charge in [-0.15, -0.1) is 0 Å². The van der Waals surface area contributed by atoms with E-state index in [0.29, 0.717) is 5.69 Å². The normalized spacial score (nSPS) is 11.2. The Kier molecular flexibility index (Phi) is 7.15. The monoisotopic (exact) mass is 454 g/mol. The second-order valence-electron chi connectivity index (χ2n) is 7.47. The molecule has 1 N–H and O–H groups in total. The number of aryl methyl sites for hydroxylation is 2. The smallest absolute Gasteiger partial charge is 0.271 e. The van der Waals surface area contributed by atoms with E-state index in [1.807, 2.05) is 37.3 Å². The van der Waals surface area contributed by atoms with E-state index in [0.717, 1.165) is 11.1 Å². The van der Waals surface area contributed by atoms with Gasteiger partial charge in [0.1, 0.15) is 6.61 Å². The third-order valence-corrected chi connectivity index (χ3v) is 6.91. The lowest BCUT2D eigenvalue weighted by Gasteiger charge is -2.18. The van der Waals surface area contributed by atoms with Crippen molar-refractivity contribution in [2.45, 2.75) is 24.8 Å². The number of pyridine rings is 1. The molecule has 0 bridgehead atoms. The maximum atomic E-state index is 12.8. The zero-order chi connectivity index (χ0) is 23.3. The van der Waals surface area contributed by atoms with Gasteiger partial charge >= 0.3 is 0 Å². The molecule has 0 unspecified atom stereocenters. The van der Waals surface area contributed by atoms with Crippen molar-refractivity contribution in [2.75, 3.05) is 12.8 Å². The molecule has 0 spiro atoms. The first-order chi connectivity index (χ1) is 15.2. The molecule has 1 aromatic heterocycles. The number of ether oxygens (including phenoxy) is 1. The number of aromatic nitrogens is 1. The molecule has 0 aliphatic carbocycles. The van der Waals surface area contributed by atoms with Gasteiger partial charge in [-0.3, -0.25) is 9.59 Å². The third kappa shape index (κ3) is 5.26. The molecule has 0 aliphatic heterocycles. The third-order valence-electron chi connectivity index (χ3n) is 5.18. The van der Waals surface area contributed by atoms with Crippen LogP contribution in [-0.4, -0.2) is 31.7 Å². The largest absolute Gasteiger partial charge is 0.483 e. The molecule has 8 heteroatoms. The van der Waals surface area contributed by atoms with Crippen LogP contribution >= 0.6 is 0 Å². The minimum atomic E-state index is -3.55. The number of carbonyl (C=O) groups is 1. The number of hydrogen-bond donors (Lipinski definition) is 1. The summed E-state index contributed by atoms with van der Waals surface area (Å²) in [6.45, 7) is 2.01. The Morgan fingerprint density at radius 1 is 1.06 bits per heavy atom. The van der Waals surface area contributed by atoms with E-state index in [1.54, 1.807) is 31.3 Å². The van der Waals surface area contributed by atoms with Crippen molar-refractivity contribution in [3.63, 3.8) is 0 Å². The van der Waals surface area contributed by atoms with E-state index in [4.69, 9.17) is 4.74 Å². The Morgan fingerprint density at radius 2 is 1.72 bits per heavy atom. The molecule has 0 fully saturated rings. The number of rotatable bonds is 8. The fraction of sp³-hybridized carbons (Fsp3) is 0.250. The number of hydrogen-bond acceptors (Lipinski definition) is 5. The summed E-state index contributed by atoms with van der Waals surface area (Å²) in [5.74, 6) is -0.752. The first kappa shape index (κ1) is 23.3. The van der Waals surface area contributed by atoms with Crippen LogP contribution in [0.2, 0.25) is 0 Å². The lowest BCUT2D eigenvalue weighted by molar-refractivity contribution is 0.0948. The van der Waals surface area contributed by atoms with Gasteiger partial charge in [-0.25, -0.2) is 8.42 Å². The molecule has 2 aromatic carbocycles. The molecule has 0 saturated carbocycles. The van der Waals surface area contributed by atoms with Crippen LogP contribution in [-0.2, 0) is 29.9 Å². The summed E-state index contributed by atoms with van der Waals surface area (Å²) in [6.07, 6.45) is 0.0743. The Bertz CT molecular complexity index is 1260. The van der Waals surface area contributed by atoms with Crippen LogP contribution in [0.25, 0.3) is 0 Å². The average molecular weight is 455 g/mol. The van der Waals surface area contributed by atoms with E-state index in [-0.39, 0.29) is 35.1 Å². The minimum absolute atomic E-state index is 0.0543. The molecular formula is C24H26N2O5S. The highest BCUT2D eigenvalue weighted by Crippen LogP contribution is 2.19. The Morgan fingerprint density at radius 3 is 2.34 bits per heavy atom. The van der Waals surface area contributed by atoms with Gasteiger partial charge in [0, 0.05) is 32.3 Å². The van der Waals surface area contributed by atoms with Gasteiger partial charge < -0.3 is 14.6 Å². The predicted octanol–water partition coefficient (Wildman–Crippen LogP) is 2.65. The van der Waals surface area contributed by atoms with Crippen molar-refractivity contribution >= 4 is 15.7 Å². The minimum Gasteiger partial charge on any atom is -0.483 e. The first-order valence-corrected chi connectivity index (χ1v) is 11.8. The predicted molar refractivity (Wildman–Crippen MR) is 123 cm³/mol. The van der Waals surface area contributed by atoms with Gasteiger partial charge in [-0.2, -0.15) is 0 Å². The van der Waals surface area contributed by atoms with Crippen molar-refractivity contribution in [3.8, 4) is 5.75 Å². The molecule has 3 aromatic rings. The van der Waals surface area contributed by atoms with E-state index >= 15 is 0 Å². The molecule has 0 atom stereocenters. The van der Waals surface area contributed by atoms with Gasteiger partial charge in [-0.05, 0) is 24.6 Å². The number of sulfone groups is 1. The lowest BCUT2D eigenvalue weighted by atomic mass is 10.2. The summed E-state index contributed by atoms with van der Waals surface area (Å²) in [5.41, 5.74) is 1.83. The van der Waals surface area contributed by atoms with E-state index in [9.17, 15) is 18.0 Å². The lowest BCUT2D eigenvalue weighted by Crippen LogP contribution is -2.29. The maximum Gasteiger partial charge on any atom is 0.271 e. The summed E-state index contributed by atoms with van der Waals surface area (Å²) < 4.78 is 32.7. The summed E-state index contributed by atoms with van der Waals surface area (Å²) in [5, 5.41) is 2.52. The fourth-order valence-corrected chi connectivity index (χ4v) is 4.58. The maximum absolute atomic E-state index is 12.8. The molecule has 168 valence electrons. The number of carbonyl (C=O) groups excluding carboxylic acids is 1.